The number of carboxylic acid groups (broad SMARTS) is 1. The predicted octanol–water partition coefficient (Wildman–Crippen LogP) is 1.42. The molecule has 1 rings (SSSR count). The van der Waals surface area contributed by atoms with Crippen molar-refractivity contribution in [2.75, 3.05) is 13.2 Å². The largest absolute Gasteiger partial charge is 0.479 e. The Morgan fingerprint density at radius 2 is 1.86 bits per heavy atom. The lowest BCUT2D eigenvalue weighted by molar-refractivity contribution is -0.141. The third-order valence-electron chi connectivity index (χ3n) is 2.26. The zero-order chi connectivity index (χ0) is 15.8. The Labute approximate surface area is 120 Å². The van der Waals surface area contributed by atoms with Crippen molar-refractivity contribution in [2.45, 2.75) is 6.92 Å². The van der Waals surface area contributed by atoms with E-state index in [1.54, 1.807) is 0 Å². The molecule has 0 aliphatic heterocycles. The lowest BCUT2D eigenvalue weighted by Gasteiger charge is -2.12. The van der Waals surface area contributed by atoms with Crippen LogP contribution >= 0.6 is 0 Å². The Morgan fingerprint density at radius 1 is 1.19 bits per heavy atom. The monoisotopic (exact) mass is 294 g/mol. The standard InChI is InChI=1S/C14H14O7/c1-3-19-14(18)8-21-12-6-10(9(2)15)4-5-11(12)20-7-13(16)17/h3-6H,1,7-8H2,2H3,(H,16,17). The number of benzene rings is 1. The summed E-state index contributed by atoms with van der Waals surface area (Å²) in [7, 11) is 0. The second-order valence-corrected chi connectivity index (χ2v) is 3.85. The minimum atomic E-state index is -1.16. The van der Waals surface area contributed by atoms with E-state index < -0.39 is 25.2 Å². The van der Waals surface area contributed by atoms with Gasteiger partial charge in [0, 0.05) is 5.56 Å². The predicted molar refractivity (Wildman–Crippen MR) is 71.4 cm³/mol. The van der Waals surface area contributed by atoms with Crippen LogP contribution in [0.3, 0.4) is 0 Å². The molecule has 0 heterocycles. The van der Waals surface area contributed by atoms with E-state index in [1.165, 1.54) is 25.1 Å². The van der Waals surface area contributed by atoms with Crippen molar-refractivity contribution in [3.63, 3.8) is 0 Å². The molecule has 7 heteroatoms. The highest BCUT2D eigenvalue weighted by Gasteiger charge is 2.12. The number of hydrogen-bond donors (Lipinski definition) is 1. The Hall–Kier alpha value is -2.83. The average molecular weight is 294 g/mol. The smallest absolute Gasteiger partial charge is 0.348 e. The zero-order valence-corrected chi connectivity index (χ0v) is 11.3. The number of Topliss-reactive ketones (excluding diaryl/α,β-unsaturated/α-hetero) is 1. The van der Waals surface area contributed by atoms with Gasteiger partial charge in [0.15, 0.2) is 30.5 Å². The quantitative estimate of drug-likeness (QED) is 0.439. The SMILES string of the molecule is C=COC(=O)COc1cc(C(C)=O)ccc1OCC(=O)O. The third-order valence-corrected chi connectivity index (χ3v) is 2.26. The molecule has 7 nitrogen and oxygen atoms in total. The van der Waals surface area contributed by atoms with Crippen molar-refractivity contribution in [1.82, 2.24) is 0 Å². The van der Waals surface area contributed by atoms with Crippen molar-refractivity contribution in [3.8, 4) is 11.5 Å². The maximum Gasteiger partial charge on any atom is 0.348 e. The highest BCUT2D eigenvalue weighted by Crippen LogP contribution is 2.28. The number of esters is 1. The van der Waals surface area contributed by atoms with E-state index in [0.717, 1.165) is 6.26 Å². The summed E-state index contributed by atoms with van der Waals surface area (Å²) in [6.07, 6.45) is 0.958. The van der Waals surface area contributed by atoms with E-state index >= 15 is 0 Å². The van der Waals surface area contributed by atoms with Gasteiger partial charge in [0.1, 0.15) is 0 Å². The summed E-state index contributed by atoms with van der Waals surface area (Å²) >= 11 is 0. The topological polar surface area (TPSA) is 99.1 Å². The van der Waals surface area contributed by atoms with Crippen molar-refractivity contribution in [3.05, 3.63) is 36.6 Å². The fourth-order valence-electron chi connectivity index (χ4n) is 1.36. The van der Waals surface area contributed by atoms with Crippen LogP contribution in [0.2, 0.25) is 0 Å². The van der Waals surface area contributed by atoms with E-state index in [0.29, 0.717) is 5.56 Å². The first-order valence-electron chi connectivity index (χ1n) is 5.86. The van der Waals surface area contributed by atoms with Crippen molar-refractivity contribution in [2.24, 2.45) is 0 Å². The summed E-state index contributed by atoms with van der Waals surface area (Å²) in [5.41, 5.74) is 0.338. The zero-order valence-electron chi connectivity index (χ0n) is 11.3. The van der Waals surface area contributed by atoms with Crippen molar-refractivity contribution in [1.29, 1.82) is 0 Å². The number of ketones is 1. The summed E-state index contributed by atoms with van der Waals surface area (Å²) in [6, 6.07) is 4.23. The van der Waals surface area contributed by atoms with Crippen molar-refractivity contribution < 1.29 is 33.7 Å². The van der Waals surface area contributed by atoms with Crippen LogP contribution in [0, 0.1) is 0 Å². The van der Waals surface area contributed by atoms with Gasteiger partial charge >= 0.3 is 11.9 Å². The van der Waals surface area contributed by atoms with Crippen LogP contribution in [0.4, 0.5) is 0 Å². The molecule has 1 aromatic carbocycles. The van der Waals surface area contributed by atoms with Gasteiger partial charge in [-0.15, -0.1) is 0 Å². The first-order valence-corrected chi connectivity index (χ1v) is 5.86. The molecule has 0 amide bonds. The van der Waals surface area contributed by atoms with Crippen LogP contribution in [-0.2, 0) is 14.3 Å². The summed E-state index contributed by atoms with van der Waals surface area (Å²) in [5.74, 6) is -1.89. The van der Waals surface area contributed by atoms with Gasteiger partial charge in [0.05, 0.1) is 6.26 Å². The summed E-state index contributed by atoms with van der Waals surface area (Å²) in [4.78, 5) is 33.0. The minimum Gasteiger partial charge on any atom is -0.479 e. The molecule has 0 spiro atoms. The Bertz CT molecular complexity index is 562. The van der Waals surface area contributed by atoms with Crippen LogP contribution in [0.25, 0.3) is 0 Å². The van der Waals surface area contributed by atoms with Crippen LogP contribution in [0.5, 0.6) is 11.5 Å². The maximum absolute atomic E-state index is 11.3. The second-order valence-electron chi connectivity index (χ2n) is 3.85. The number of ether oxygens (including phenoxy) is 3. The van der Waals surface area contributed by atoms with Gasteiger partial charge in [-0.25, -0.2) is 9.59 Å². The average Bonchev–Trinajstić information content (AvgIpc) is 2.43. The number of carboxylic acids is 1. The minimum absolute atomic E-state index is 0.0740. The molecule has 1 N–H and O–H groups in total. The molecule has 112 valence electrons. The highest BCUT2D eigenvalue weighted by atomic mass is 16.6. The normalized spacial score (nSPS) is 9.57. The molecular weight excluding hydrogens is 280 g/mol. The van der Waals surface area contributed by atoms with Crippen LogP contribution in [0.15, 0.2) is 31.0 Å². The van der Waals surface area contributed by atoms with Gasteiger partial charge in [-0.1, -0.05) is 6.58 Å². The lowest BCUT2D eigenvalue weighted by Crippen LogP contribution is -2.14. The second kappa shape index (κ2) is 7.68. The fourth-order valence-corrected chi connectivity index (χ4v) is 1.36. The van der Waals surface area contributed by atoms with E-state index in [9.17, 15) is 14.4 Å². The Balaban J connectivity index is 2.90. The first-order chi connectivity index (χ1) is 9.93. The van der Waals surface area contributed by atoms with Gasteiger partial charge in [0.2, 0.25) is 0 Å². The maximum atomic E-state index is 11.3. The van der Waals surface area contributed by atoms with Crippen molar-refractivity contribution >= 4 is 17.7 Å². The molecule has 1 aromatic rings. The molecule has 0 bridgehead atoms. The third kappa shape index (κ3) is 5.35. The number of rotatable bonds is 8. The van der Waals surface area contributed by atoms with E-state index in [1.807, 2.05) is 0 Å². The van der Waals surface area contributed by atoms with E-state index in [4.69, 9.17) is 14.6 Å². The highest BCUT2D eigenvalue weighted by molar-refractivity contribution is 5.94. The van der Waals surface area contributed by atoms with Gasteiger partial charge in [-0.2, -0.15) is 0 Å². The molecular formula is C14H14O7. The number of hydrogen-bond acceptors (Lipinski definition) is 6. The molecule has 0 atom stereocenters. The summed E-state index contributed by atoms with van der Waals surface area (Å²) in [5, 5.41) is 8.59. The van der Waals surface area contributed by atoms with Crippen LogP contribution in [0.1, 0.15) is 17.3 Å². The van der Waals surface area contributed by atoms with E-state index in [2.05, 4.69) is 11.3 Å². The van der Waals surface area contributed by atoms with Gasteiger partial charge in [-0.3, -0.25) is 4.79 Å². The molecule has 0 aliphatic rings. The van der Waals surface area contributed by atoms with Crippen LogP contribution in [-0.4, -0.2) is 36.0 Å². The van der Waals surface area contributed by atoms with Crippen LogP contribution < -0.4 is 9.47 Å². The van der Waals surface area contributed by atoms with E-state index in [-0.39, 0.29) is 17.3 Å². The molecule has 0 saturated carbocycles. The Kier molecular flexibility index (Phi) is 5.94. The summed E-state index contributed by atoms with van der Waals surface area (Å²) < 4.78 is 14.7. The molecule has 0 aromatic heterocycles. The molecule has 0 fully saturated rings. The molecule has 0 aliphatic carbocycles. The number of aliphatic carboxylic acids is 1. The number of carbonyl (C=O) groups excluding carboxylic acids is 2. The van der Waals surface area contributed by atoms with Gasteiger partial charge in [-0.05, 0) is 25.1 Å². The first kappa shape index (κ1) is 16.2. The summed E-state index contributed by atoms with van der Waals surface area (Å²) in [6.45, 7) is 3.58. The van der Waals surface area contributed by atoms with Gasteiger partial charge in [0.25, 0.3) is 0 Å². The number of carbonyl (C=O) groups is 3. The fraction of sp³-hybridized carbons (Fsp3) is 0.214. The molecule has 21 heavy (non-hydrogen) atoms. The Morgan fingerprint density at radius 3 is 2.43 bits per heavy atom. The molecule has 0 unspecified atom stereocenters. The molecule has 0 saturated heterocycles. The lowest BCUT2D eigenvalue weighted by atomic mass is 10.1. The molecule has 0 radical (unpaired) electrons. The van der Waals surface area contributed by atoms with Gasteiger partial charge < -0.3 is 19.3 Å².